The average Bonchev–Trinajstić information content (AvgIpc) is 2.75. The Balaban J connectivity index is 0.00000320. The average molecular weight is 530 g/mol. The molecule has 0 bridgehead atoms. The second-order valence-corrected chi connectivity index (χ2v) is 8.51. The van der Waals surface area contributed by atoms with Crippen molar-refractivity contribution in [3.8, 4) is 0 Å². The summed E-state index contributed by atoms with van der Waals surface area (Å²) in [5.74, 6) is 0.942. The Morgan fingerprint density at radius 1 is 1.20 bits per heavy atom. The van der Waals surface area contributed by atoms with Gasteiger partial charge in [-0.25, -0.2) is 0 Å². The van der Waals surface area contributed by atoms with Gasteiger partial charge in [0.2, 0.25) is 0 Å². The Labute approximate surface area is 200 Å². The van der Waals surface area contributed by atoms with Crippen molar-refractivity contribution in [3.05, 3.63) is 29.8 Å². The molecule has 0 amide bonds. The maximum atomic E-state index is 5.56. The van der Waals surface area contributed by atoms with Crippen molar-refractivity contribution in [3.63, 3.8) is 0 Å². The van der Waals surface area contributed by atoms with Crippen LogP contribution >= 0.6 is 24.0 Å². The number of rotatable bonds is 6. The molecule has 7 heteroatoms. The highest BCUT2D eigenvalue weighted by Crippen LogP contribution is 2.20. The fourth-order valence-corrected chi connectivity index (χ4v) is 4.45. The maximum Gasteiger partial charge on any atom is 0.193 e. The Morgan fingerprint density at radius 3 is 2.53 bits per heavy atom. The molecule has 0 aliphatic carbocycles. The first-order valence-electron chi connectivity index (χ1n) is 11.2. The van der Waals surface area contributed by atoms with Crippen molar-refractivity contribution >= 4 is 35.6 Å². The topological polar surface area (TPSA) is 43.3 Å². The van der Waals surface area contributed by atoms with E-state index < -0.39 is 0 Å². The lowest BCUT2D eigenvalue weighted by molar-refractivity contribution is -0.0175. The first-order chi connectivity index (χ1) is 14.1. The van der Waals surface area contributed by atoms with Gasteiger partial charge >= 0.3 is 0 Å². The highest BCUT2D eigenvalue weighted by Gasteiger charge is 2.23. The highest BCUT2D eigenvalue weighted by molar-refractivity contribution is 14.0. The number of guanidine groups is 1. The predicted octanol–water partition coefficient (Wildman–Crippen LogP) is 3.41. The van der Waals surface area contributed by atoms with Crippen LogP contribution in [0.15, 0.2) is 29.3 Å². The molecule has 30 heavy (non-hydrogen) atoms. The standard InChI is InChI=1S/C23H39N5O.HI/c1-19(28-14-15-29-18-20(28)2)16-25-23(24-3)26(4)17-21-8-10-22(11-9-21)27-12-6-5-7-13-27;/h8-11,19-20H,5-7,12-18H2,1-4H3,(H,24,25);1H. The quantitative estimate of drug-likeness (QED) is 0.348. The van der Waals surface area contributed by atoms with Crippen molar-refractivity contribution < 1.29 is 4.74 Å². The van der Waals surface area contributed by atoms with Gasteiger partial charge in [0.15, 0.2) is 5.96 Å². The third kappa shape index (κ3) is 6.99. The lowest BCUT2D eigenvalue weighted by Crippen LogP contribution is -2.53. The van der Waals surface area contributed by atoms with Crippen molar-refractivity contribution in [2.45, 2.75) is 51.7 Å². The number of piperidine rings is 1. The number of nitrogens with zero attached hydrogens (tertiary/aromatic N) is 4. The number of benzene rings is 1. The molecule has 1 aromatic carbocycles. The van der Waals surface area contributed by atoms with Gasteiger partial charge < -0.3 is 19.9 Å². The summed E-state index contributed by atoms with van der Waals surface area (Å²) in [6.07, 6.45) is 4.00. The molecule has 2 heterocycles. The van der Waals surface area contributed by atoms with Crippen LogP contribution in [-0.2, 0) is 11.3 Å². The highest BCUT2D eigenvalue weighted by atomic mass is 127. The third-order valence-corrected chi connectivity index (χ3v) is 6.19. The first-order valence-corrected chi connectivity index (χ1v) is 11.2. The summed E-state index contributed by atoms with van der Waals surface area (Å²) in [6.45, 7) is 11.3. The summed E-state index contributed by atoms with van der Waals surface area (Å²) in [7, 11) is 3.97. The molecule has 0 aromatic heterocycles. The van der Waals surface area contributed by atoms with E-state index in [1.807, 2.05) is 7.05 Å². The van der Waals surface area contributed by atoms with Crippen LogP contribution in [0.5, 0.6) is 0 Å². The lowest BCUT2D eigenvalue weighted by Gasteiger charge is -2.38. The minimum Gasteiger partial charge on any atom is -0.379 e. The molecule has 0 spiro atoms. The number of halogens is 1. The van der Waals surface area contributed by atoms with Crippen LogP contribution in [0.2, 0.25) is 0 Å². The number of ether oxygens (including phenoxy) is 1. The van der Waals surface area contributed by atoms with E-state index in [2.05, 4.69) is 70.2 Å². The van der Waals surface area contributed by atoms with Gasteiger partial charge in [0.1, 0.15) is 0 Å². The van der Waals surface area contributed by atoms with Crippen LogP contribution < -0.4 is 10.2 Å². The molecule has 2 fully saturated rings. The second kappa shape index (κ2) is 12.7. The largest absolute Gasteiger partial charge is 0.379 e. The molecular weight excluding hydrogens is 489 g/mol. The number of aliphatic imine (C=N–C) groups is 1. The fourth-order valence-electron chi connectivity index (χ4n) is 4.45. The molecule has 170 valence electrons. The predicted molar refractivity (Wildman–Crippen MR) is 137 cm³/mol. The Kier molecular flexibility index (Phi) is 10.7. The van der Waals surface area contributed by atoms with Gasteiger partial charge in [-0.15, -0.1) is 24.0 Å². The van der Waals surface area contributed by atoms with Crippen molar-refractivity contribution in [1.82, 2.24) is 15.1 Å². The zero-order chi connectivity index (χ0) is 20.6. The van der Waals surface area contributed by atoms with Crippen LogP contribution in [0, 0.1) is 0 Å². The van der Waals surface area contributed by atoms with Crippen LogP contribution in [0.4, 0.5) is 5.69 Å². The molecule has 3 rings (SSSR count). The summed E-state index contributed by atoms with van der Waals surface area (Å²) in [4.78, 5) is 11.7. The Bertz CT molecular complexity index is 647. The zero-order valence-electron chi connectivity index (χ0n) is 19.1. The lowest BCUT2D eigenvalue weighted by atomic mass is 10.1. The smallest absolute Gasteiger partial charge is 0.193 e. The fraction of sp³-hybridized carbons (Fsp3) is 0.696. The van der Waals surface area contributed by atoms with E-state index >= 15 is 0 Å². The molecule has 0 saturated carbocycles. The molecule has 6 nitrogen and oxygen atoms in total. The van der Waals surface area contributed by atoms with E-state index in [0.29, 0.717) is 12.1 Å². The molecule has 2 aliphatic heterocycles. The monoisotopic (exact) mass is 529 g/mol. The van der Waals surface area contributed by atoms with Gasteiger partial charge in [-0.05, 0) is 50.8 Å². The number of nitrogens with one attached hydrogen (secondary N) is 1. The summed E-state index contributed by atoms with van der Waals surface area (Å²) in [6, 6.07) is 9.97. The second-order valence-electron chi connectivity index (χ2n) is 8.51. The minimum atomic E-state index is 0. The van der Waals surface area contributed by atoms with E-state index in [4.69, 9.17) is 4.74 Å². The number of morpholine rings is 1. The third-order valence-electron chi connectivity index (χ3n) is 6.19. The maximum absolute atomic E-state index is 5.56. The number of hydrogen-bond donors (Lipinski definition) is 1. The summed E-state index contributed by atoms with van der Waals surface area (Å²) in [5, 5.41) is 3.56. The van der Waals surface area contributed by atoms with Gasteiger partial charge in [-0.2, -0.15) is 0 Å². The summed E-state index contributed by atoms with van der Waals surface area (Å²) < 4.78 is 5.56. The van der Waals surface area contributed by atoms with E-state index in [1.54, 1.807) is 0 Å². The number of hydrogen-bond acceptors (Lipinski definition) is 4. The molecule has 2 atom stereocenters. The molecule has 2 unspecified atom stereocenters. The zero-order valence-corrected chi connectivity index (χ0v) is 21.5. The molecule has 1 aromatic rings. The first kappa shape index (κ1) is 25.2. The van der Waals surface area contributed by atoms with E-state index in [1.165, 1.54) is 43.6 Å². The minimum absolute atomic E-state index is 0. The van der Waals surface area contributed by atoms with E-state index in [9.17, 15) is 0 Å². The molecule has 0 radical (unpaired) electrons. The van der Waals surface area contributed by atoms with E-state index in [0.717, 1.165) is 38.8 Å². The SMILES string of the molecule is CN=C(NCC(C)N1CCOCC1C)N(C)Cc1ccc(N2CCCCC2)cc1.I. The van der Waals surface area contributed by atoms with Crippen LogP contribution in [0.1, 0.15) is 38.7 Å². The van der Waals surface area contributed by atoms with Crippen molar-refractivity contribution in [1.29, 1.82) is 0 Å². The molecule has 1 N–H and O–H groups in total. The van der Waals surface area contributed by atoms with Gasteiger partial charge in [-0.1, -0.05) is 12.1 Å². The Morgan fingerprint density at radius 2 is 1.90 bits per heavy atom. The van der Waals surface area contributed by atoms with Gasteiger partial charge in [0.25, 0.3) is 0 Å². The molecule has 2 aliphatic rings. The number of anilines is 1. The summed E-state index contributed by atoms with van der Waals surface area (Å²) >= 11 is 0. The van der Waals surface area contributed by atoms with Gasteiger partial charge in [0, 0.05) is 64.6 Å². The normalized spacial score (nSPS) is 21.7. The van der Waals surface area contributed by atoms with Crippen molar-refractivity contribution in [2.24, 2.45) is 4.99 Å². The van der Waals surface area contributed by atoms with Crippen LogP contribution in [0.25, 0.3) is 0 Å². The molecule has 2 saturated heterocycles. The van der Waals surface area contributed by atoms with Crippen LogP contribution in [-0.4, -0.2) is 81.3 Å². The summed E-state index contributed by atoms with van der Waals surface area (Å²) in [5.41, 5.74) is 2.66. The van der Waals surface area contributed by atoms with E-state index in [-0.39, 0.29) is 24.0 Å². The Hall–Kier alpha value is -1.06. The van der Waals surface area contributed by atoms with Gasteiger partial charge in [-0.3, -0.25) is 9.89 Å². The van der Waals surface area contributed by atoms with Gasteiger partial charge in [0.05, 0.1) is 13.2 Å². The molecular formula is C23H40IN5O. The van der Waals surface area contributed by atoms with Crippen molar-refractivity contribution in [2.75, 3.05) is 58.4 Å². The van der Waals surface area contributed by atoms with Crippen LogP contribution in [0.3, 0.4) is 0 Å².